The lowest BCUT2D eigenvalue weighted by atomic mass is 10.1. The zero-order valence-electron chi connectivity index (χ0n) is 10.1. The molecule has 0 radical (unpaired) electrons. The summed E-state index contributed by atoms with van der Waals surface area (Å²) in [5.74, 6) is 0.946. The van der Waals surface area contributed by atoms with E-state index in [1.54, 1.807) is 0 Å². The van der Waals surface area contributed by atoms with E-state index < -0.39 is 0 Å². The van der Waals surface area contributed by atoms with Gasteiger partial charge in [0.2, 0.25) is 0 Å². The summed E-state index contributed by atoms with van der Waals surface area (Å²) < 4.78 is 5.41. The van der Waals surface area contributed by atoms with E-state index in [4.69, 9.17) is 9.53 Å². The molecule has 92 valence electrons. The van der Waals surface area contributed by atoms with Crippen LogP contribution >= 0.6 is 12.4 Å². The Bertz CT molecular complexity index is 455. The fourth-order valence-electron chi connectivity index (χ4n) is 1.42. The van der Waals surface area contributed by atoms with Gasteiger partial charge >= 0.3 is 0 Å². The van der Waals surface area contributed by atoms with Gasteiger partial charge < -0.3 is 9.53 Å². The van der Waals surface area contributed by atoms with Gasteiger partial charge in [0.1, 0.15) is 12.0 Å². The molecule has 0 saturated heterocycles. The fourth-order valence-corrected chi connectivity index (χ4v) is 1.42. The topological polar surface area (TPSA) is 26.3 Å². The maximum atomic E-state index is 8.81. The lowest BCUT2D eigenvalue weighted by molar-refractivity contribution is -0.106. The Balaban J connectivity index is 0.000000583. The number of carbonyl (C=O) groups excluding carboxylic acids is 1. The van der Waals surface area contributed by atoms with Crippen LogP contribution in [0.2, 0.25) is 0 Å². The number of fused-ring (bicyclic) bond motifs is 1. The molecule has 2 rings (SSSR count). The van der Waals surface area contributed by atoms with Gasteiger partial charge in [-0.2, -0.15) is 0 Å². The standard InChI is InChI=1S/C12H12O.C2H4O.ClH/c1-2-13-12-8-7-10-5-3-4-6-11(10)9-12;1-2-3;/h3-9H,2H2,1H3;2H,1H3;1H. The summed E-state index contributed by atoms with van der Waals surface area (Å²) in [6, 6.07) is 14.4. The van der Waals surface area contributed by atoms with E-state index in [2.05, 4.69) is 24.3 Å². The van der Waals surface area contributed by atoms with Crippen LogP contribution in [-0.4, -0.2) is 12.9 Å². The van der Waals surface area contributed by atoms with Gasteiger partial charge in [0.15, 0.2) is 0 Å². The Hall–Kier alpha value is -1.54. The van der Waals surface area contributed by atoms with Crippen molar-refractivity contribution >= 4 is 29.5 Å². The average Bonchev–Trinajstić information content (AvgIpc) is 2.30. The lowest BCUT2D eigenvalue weighted by Gasteiger charge is -2.03. The normalized spacial score (nSPS) is 8.59. The second kappa shape index (κ2) is 8.59. The molecule has 0 bridgehead atoms. The van der Waals surface area contributed by atoms with Crippen LogP contribution in [0, 0.1) is 0 Å². The van der Waals surface area contributed by atoms with Crippen molar-refractivity contribution in [3.8, 4) is 5.75 Å². The molecular weight excluding hydrogens is 236 g/mol. The number of halogens is 1. The molecule has 3 heteroatoms. The summed E-state index contributed by atoms with van der Waals surface area (Å²) in [5.41, 5.74) is 0. The smallest absolute Gasteiger partial charge is 0.119 e. The molecule has 0 atom stereocenters. The van der Waals surface area contributed by atoms with Crippen LogP contribution in [-0.2, 0) is 4.79 Å². The van der Waals surface area contributed by atoms with E-state index in [1.165, 1.54) is 17.7 Å². The van der Waals surface area contributed by atoms with E-state index in [9.17, 15) is 0 Å². The maximum Gasteiger partial charge on any atom is 0.119 e. The minimum Gasteiger partial charge on any atom is -0.494 e. The second-order valence-electron chi connectivity index (χ2n) is 3.18. The number of carbonyl (C=O) groups is 1. The van der Waals surface area contributed by atoms with Gasteiger partial charge in [-0.1, -0.05) is 30.3 Å². The number of benzene rings is 2. The minimum atomic E-state index is 0. The molecule has 17 heavy (non-hydrogen) atoms. The van der Waals surface area contributed by atoms with Crippen molar-refractivity contribution in [2.45, 2.75) is 13.8 Å². The highest BCUT2D eigenvalue weighted by Gasteiger charge is 1.94. The van der Waals surface area contributed by atoms with Gasteiger partial charge in [0.05, 0.1) is 6.61 Å². The van der Waals surface area contributed by atoms with Gasteiger partial charge in [-0.15, -0.1) is 12.4 Å². The number of hydrogen-bond donors (Lipinski definition) is 0. The predicted molar refractivity (Wildman–Crippen MR) is 74.1 cm³/mol. The third-order valence-corrected chi connectivity index (χ3v) is 2.03. The van der Waals surface area contributed by atoms with Gasteiger partial charge in [-0.05, 0) is 36.8 Å². The Morgan fingerprint density at radius 3 is 2.29 bits per heavy atom. The third kappa shape index (κ3) is 4.87. The molecule has 0 spiro atoms. The van der Waals surface area contributed by atoms with E-state index >= 15 is 0 Å². The summed E-state index contributed by atoms with van der Waals surface area (Å²) >= 11 is 0. The maximum absolute atomic E-state index is 8.81. The Labute approximate surface area is 108 Å². The van der Waals surface area contributed by atoms with Crippen LogP contribution in [0.5, 0.6) is 5.75 Å². The summed E-state index contributed by atoms with van der Waals surface area (Å²) in [6.07, 6.45) is 0.750. The van der Waals surface area contributed by atoms with Crippen LogP contribution in [0.4, 0.5) is 0 Å². The molecule has 0 amide bonds. The zero-order chi connectivity index (χ0) is 11.8. The number of hydrogen-bond acceptors (Lipinski definition) is 2. The van der Waals surface area contributed by atoms with Crippen molar-refractivity contribution in [3.05, 3.63) is 42.5 Å². The average molecular weight is 253 g/mol. The molecule has 0 heterocycles. The monoisotopic (exact) mass is 252 g/mol. The molecule has 0 aromatic heterocycles. The molecule has 0 unspecified atom stereocenters. The van der Waals surface area contributed by atoms with E-state index in [0.717, 1.165) is 18.6 Å². The Kier molecular flexibility index (Phi) is 7.82. The molecule has 0 N–H and O–H groups in total. The lowest BCUT2D eigenvalue weighted by Crippen LogP contribution is -1.90. The minimum absolute atomic E-state index is 0. The summed E-state index contributed by atoms with van der Waals surface area (Å²) in [7, 11) is 0. The van der Waals surface area contributed by atoms with E-state index in [-0.39, 0.29) is 12.4 Å². The Morgan fingerprint density at radius 2 is 1.71 bits per heavy atom. The second-order valence-corrected chi connectivity index (χ2v) is 3.18. The highest BCUT2D eigenvalue weighted by molar-refractivity contribution is 5.85. The Morgan fingerprint density at radius 1 is 1.12 bits per heavy atom. The van der Waals surface area contributed by atoms with Gasteiger partial charge in [-0.25, -0.2) is 0 Å². The summed E-state index contributed by atoms with van der Waals surface area (Å²) in [5, 5.41) is 2.49. The van der Waals surface area contributed by atoms with Gasteiger partial charge in [0.25, 0.3) is 0 Å². The quantitative estimate of drug-likeness (QED) is 0.759. The van der Waals surface area contributed by atoms with Crippen molar-refractivity contribution in [3.63, 3.8) is 0 Å². The molecule has 0 aliphatic carbocycles. The predicted octanol–water partition coefficient (Wildman–Crippen LogP) is 3.87. The van der Waals surface area contributed by atoms with Crippen LogP contribution in [0.3, 0.4) is 0 Å². The number of ether oxygens (including phenoxy) is 1. The first-order chi connectivity index (χ1) is 7.81. The molecule has 0 aliphatic rings. The highest BCUT2D eigenvalue weighted by atomic mass is 35.5. The van der Waals surface area contributed by atoms with Gasteiger partial charge in [-0.3, -0.25) is 0 Å². The van der Waals surface area contributed by atoms with Crippen LogP contribution in [0.15, 0.2) is 42.5 Å². The van der Waals surface area contributed by atoms with E-state index in [1.807, 2.05) is 25.1 Å². The number of aldehydes is 1. The molecule has 0 aliphatic heterocycles. The fraction of sp³-hybridized carbons (Fsp3) is 0.214. The first kappa shape index (κ1) is 15.5. The first-order valence-corrected chi connectivity index (χ1v) is 5.33. The van der Waals surface area contributed by atoms with Crippen LogP contribution < -0.4 is 4.74 Å². The molecule has 2 nitrogen and oxygen atoms in total. The summed E-state index contributed by atoms with van der Waals surface area (Å²) in [6.45, 7) is 4.16. The van der Waals surface area contributed by atoms with Gasteiger partial charge in [0, 0.05) is 0 Å². The molecule has 2 aromatic rings. The highest BCUT2D eigenvalue weighted by Crippen LogP contribution is 2.20. The largest absolute Gasteiger partial charge is 0.494 e. The first-order valence-electron chi connectivity index (χ1n) is 5.33. The molecule has 0 fully saturated rings. The molecule has 0 saturated carbocycles. The molecule has 2 aromatic carbocycles. The van der Waals surface area contributed by atoms with Crippen molar-refractivity contribution in [2.75, 3.05) is 6.61 Å². The van der Waals surface area contributed by atoms with E-state index in [0.29, 0.717) is 0 Å². The van der Waals surface area contributed by atoms with Crippen molar-refractivity contribution in [1.29, 1.82) is 0 Å². The third-order valence-electron chi connectivity index (χ3n) is 2.03. The summed E-state index contributed by atoms with van der Waals surface area (Å²) in [4.78, 5) is 8.81. The number of rotatable bonds is 2. The molecular formula is C14H17ClO2. The van der Waals surface area contributed by atoms with Crippen LogP contribution in [0.1, 0.15) is 13.8 Å². The van der Waals surface area contributed by atoms with Crippen molar-refractivity contribution < 1.29 is 9.53 Å². The SMILES string of the molecule is CC=O.CCOc1ccc2ccccc2c1.Cl. The zero-order valence-corrected chi connectivity index (χ0v) is 10.9. The van der Waals surface area contributed by atoms with Crippen molar-refractivity contribution in [2.24, 2.45) is 0 Å². The van der Waals surface area contributed by atoms with Crippen molar-refractivity contribution in [1.82, 2.24) is 0 Å². The van der Waals surface area contributed by atoms with Crippen LogP contribution in [0.25, 0.3) is 10.8 Å².